The number of rotatable bonds is 5. The highest BCUT2D eigenvalue weighted by atomic mass is 19.1. The Labute approximate surface area is 215 Å². The van der Waals surface area contributed by atoms with Gasteiger partial charge in [-0.3, -0.25) is 4.90 Å². The molecule has 2 saturated heterocycles. The van der Waals surface area contributed by atoms with E-state index < -0.39 is 5.97 Å². The number of aromatic carboxylic acids is 1. The van der Waals surface area contributed by atoms with Crippen LogP contribution in [0.1, 0.15) is 67.0 Å². The molecule has 0 bridgehead atoms. The fourth-order valence-corrected chi connectivity index (χ4v) is 6.13. The number of nitrogens with zero attached hydrogens (tertiary/aromatic N) is 6. The second kappa shape index (κ2) is 9.75. The molecule has 0 radical (unpaired) electrons. The van der Waals surface area contributed by atoms with Gasteiger partial charge < -0.3 is 10.0 Å². The van der Waals surface area contributed by atoms with Crippen molar-refractivity contribution in [1.29, 1.82) is 5.26 Å². The zero-order chi connectivity index (χ0) is 25.5. The van der Waals surface area contributed by atoms with E-state index in [9.17, 15) is 19.6 Å². The number of benzene rings is 1. The fraction of sp³-hybridized carbons (Fsp3) is 0.500. The zero-order valence-corrected chi connectivity index (χ0v) is 20.8. The number of carbonyl (C=O) groups is 1. The van der Waals surface area contributed by atoms with Gasteiger partial charge in [0.05, 0.1) is 34.4 Å². The van der Waals surface area contributed by atoms with Gasteiger partial charge in [-0.1, -0.05) is 6.42 Å². The second-order valence-corrected chi connectivity index (χ2v) is 10.6. The van der Waals surface area contributed by atoms with Crippen molar-refractivity contribution in [3.63, 3.8) is 0 Å². The number of nitriles is 1. The Hall–Kier alpha value is -3.51. The van der Waals surface area contributed by atoms with Crippen LogP contribution in [0.3, 0.4) is 0 Å². The van der Waals surface area contributed by atoms with E-state index in [0.29, 0.717) is 23.3 Å². The Morgan fingerprint density at radius 3 is 2.46 bits per heavy atom. The number of hydrogen-bond donors (Lipinski definition) is 1. The first-order valence-electron chi connectivity index (χ1n) is 13.3. The summed E-state index contributed by atoms with van der Waals surface area (Å²) in [6.07, 6.45) is 7.24. The predicted molar refractivity (Wildman–Crippen MR) is 138 cm³/mol. The Morgan fingerprint density at radius 1 is 1.05 bits per heavy atom. The van der Waals surface area contributed by atoms with Gasteiger partial charge in [0.2, 0.25) is 0 Å². The van der Waals surface area contributed by atoms with Gasteiger partial charge in [-0.05, 0) is 75.4 Å². The second-order valence-electron chi connectivity index (χ2n) is 10.6. The van der Waals surface area contributed by atoms with Crippen LogP contribution in [0.25, 0.3) is 16.7 Å². The van der Waals surface area contributed by atoms with E-state index in [-0.39, 0.29) is 17.4 Å². The van der Waals surface area contributed by atoms with E-state index >= 15 is 0 Å². The lowest BCUT2D eigenvalue weighted by Crippen LogP contribution is -2.48. The molecule has 3 aliphatic rings. The first-order chi connectivity index (χ1) is 18.0. The van der Waals surface area contributed by atoms with Crippen molar-refractivity contribution < 1.29 is 14.3 Å². The molecule has 1 aromatic carbocycles. The molecule has 1 N–H and O–H groups in total. The summed E-state index contributed by atoms with van der Waals surface area (Å²) in [6.45, 7) is 3.51. The minimum Gasteiger partial charge on any atom is -0.477 e. The van der Waals surface area contributed by atoms with Crippen LogP contribution in [-0.4, -0.2) is 63.0 Å². The van der Waals surface area contributed by atoms with Crippen molar-refractivity contribution >= 4 is 22.7 Å². The topological polar surface area (TPSA) is 98.3 Å². The quantitative estimate of drug-likeness (QED) is 0.539. The van der Waals surface area contributed by atoms with Crippen molar-refractivity contribution in [1.82, 2.24) is 19.7 Å². The fourth-order valence-electron chi connectivity index (χ4n) is 6.13. The zero-order valence-electron chi connectivity index (χ0n) is 20.8. The highest BCUT2D eigenvalue weighted by Gasteiger charge is 2.33. The normalized spacial score (nSPS) is 21.6. The number of anilines is 1. The number of pyridine rings is 1. The highest BCUT2D eigenvalue weighted by Crippen LogP contribution is 2.43. The third kappa shape index (κ3) is 4.44. The summed E-state index contributed by atoms with van der Waals surface area (Å²) >= 11 is 0. The van der Waals surface area contributed by atoms with E-state index in [0.717, 1.165) is 87.9 Å². The Bertz CT molecular complexity index is 1350. The lowest BCUT2D eigenvalue weighted by Gasteiger charge is -2.42. The number of carboxylic acids is 1. The van der Waals surface area contributed by atoms with Crippen LogP contribution in [0.5, 0.6) is 0 Å². The average molecular weight is 503 g/mol. The lowest BCUT2D eigenvalue weighted by atomic mass is 9.82. The summed E-state index contributed by atoms with van der Waals surface area (Å²) in [4.78, 5) is 21.4. The molecule has 192 valence electrons. The van der Waals surface area contributed by atoms with Crippen LogP contribution in [0.15, 0.2) is 30.3 Å². The highest BCUT2D eigenvalue weighted by molar-refractivity contribution is 5.98. The maximum absolute atomic E-state index is 13.6. The van der Waals surface area contributed by atoms with E-state index in [1.54, 1.807) is 22.9 Å². The van der Waals surface area contributed by atoms with Crippen LogP contribution in [0.2, 0.25) is 0 Å². The predicted octanol–water partition coefficient (Wildman–Crippen LogP) is 4.73. The van der Waals surface area contributed by atoms with Crippen molar-refractivity contribution in [2.45, 2.75) is 56.9 Å². The maximum Gasteiger partial charge on any atom is 0.354 e. The van der Waals surface area contributed by atoms with Gasteiger partial charge in [-0.2, -0.15) is 10.4 Å². The lowest BCUT2D eigenvalue weighted by molar-refractivity contribution is 0.0691. The molecule has 37 heavy (non-hydrogen) atoms. The number of carboxylic acid groups (broad SMARTS) is 1. The van der Waals surface area contributed by atoms with Crippen LogP contribution in [-0.2, 0) is 0 Å². The van der Waals surface area contributed by atoms with Gasteiger partial charge in [0, 0.05) is 31.6 Å². The summed E-state index contributed by atoms with van der Waals surface area (Å²) in [5.74, 6) is -0.982. The number of piperidine rings is 2. The molecule has 0 amide bonds. The molecule has 2 aliphatic heterocycles. The van der Waals surface area contributed by atoms with Crippen LogP contribution >= 0.6 is 0 Å². The van der Waals surface area contributed by atoms with Crippen LogP contribution < -0.4 is 4.90 Å². The van der Waals surface area contributed by atoms with Crippen LogP contribution in [0, 0.1) is 23.1 Å². The Kier molecular flexibility index (Phi) is 6.29. The minimum absolute atomic E-state index is 0.0130. The molecule has 3 aromatic rings. The maximum atomic E-state index is 13.6. The Morgan fingerprint density at radius 2 is 1.81 bits per heavy atom. The molecule has 1 unspecified atom stereocenters. The smallest absolute Gasteiger partial charge is 0.354 e. The molecule has 1 atom stereocenters. The van der Waals surface area contributed by atoms with Crippen molar-refractivity contribution in [2.75, 3.05) is 31.1 Å². The van der Waals surface area contributed by atoms with E-state index in [2.05, 4.69) is 20.9 Å². The van der Waals surface area contributed by atoms with Gasteiger partial charge in [-0.25, -0.2) is 18.9 Å². The summed E-state index contributed by atoms with van der Waals surface area (Å²) in [7, 11) is 0. The first kappa shape index (κ1) is 23.9. The van der Waals surface area contributed by atoms with Crippen LogP contribution in [0.4, 0.5) is 10.1 Å². The molecular weight excluding hydrogens is 471 g/mol. The van der Waals surface area contributed by atoms with Crippen molar-refractivity contribution in [3.05, 3.63) is 47.5 Å². The van der Waals surface area contributed by atoms with E-state index in [1.165, 1.54) is 12.1 Å². The molecule has 4 heterocycles. The van der Waals surface area contributed by atoms with Gasteiger partial charge in [-0.15, -0.1) is 0 Å². The van der Waals surface area contributed by atoms with Crippen molar-refractivity contribution in [3.8, 4) is 11.8 Å². The Balaban J connectivity index is 1.38. The average Bonchev–Trinajstić information content (AvgIpc) is 3.26. The monoisotopic (exact) mass is 502 g/mol. The molecule has 1 aliphatic carbocycles. The number of hydrogen-bond acceptors (Lipinski definition) is 6. The van der Waals surface area contributed by atoms with Gasteiger partial charge in [0.15, 0.2) is 11.3 Å². The molecule has 6 rings (SSSR count). The third-order valence-corrected chi connectivity index (χ3v) is 8.38. The number of fused-ring (bicyclic) bond motifs is 1. The molecular formula is C28H31FN6O2. The summed E-state index contributed by atoms with van der Waals surface area (Å²) in [5.41, 5.74) is 3.00. The van der Waals surface area contributed by atoms with Gasteiger partial charge >= 0.3 is 5.97 Å². The molecule has 3 fully saturated rings. The number of likely N-dealkylation sites (tertiary alicyclic amines) is 1. The molecule has 1 saturated carbocycles. The summed E-state index contributed by atoms with van der Waals surface area (Å²) in [6, 6.07) is 10.7. The van der Waals surface area contributed by atoms with Crippen molar-refractivity contribution in [2.24, 2.45) is 5.92 Å². The minimum atomic E-state index is -1.08. The summed E-state index contributed by atoms with van der Waals surface area (Å²) < 4.78 is 15.3. The number of aromatic nitrogens is 3. The van der Waals surface area contributed by atoms with Gasteiger partial charge in [0.1, 0.15) is 5.82 Å². The SMILES string of the molecule is N#CC1CCCN(C2CCN(c3cc(C(=O)O)nc4c3c(C3CCC3)nn4-c3ccc(F)cc3)CC2)C1. The largest absolute Gasteiger partial charge is 0.477 e. The van der Waals surface area contributed by atoms with Gasteiger partial charge in [0.25, 0.3) is 0 Å². The first-order valence-corrected chi connectivity index (χ1v) is 13.3. The standard InChI is InChI=1S/C28H31FN6O2/c29-20-6-8-22(9-7-20)35-27-25(26(32-35)19-4-1-5-19)24(15-23(31-27)28(36)37)33-13-10-21(11-14-33)34-12-2-3-18(16-30)17-34/h6-9,15,18-19,21H,1-5,10-14,17H2,(H,36,37). The van der Waals surface area contributed by atoms with E-state index in [4.69, 9.17) is 5.10 Å². The molecule has 9 heteroatoms. The third-order valence-electron chi connectivity index (χ3n) is 8.38. The molecule has 8 nitrogen and oxygen atoms in total. The van der Waals surface area contributed by atoms with E-state index in [1.807, 2.05) is 0 Å². The molecule has 0 spiro atoms. The summed E-state index contributed by atoms with van der Waals surface area (Å²) in [5, 5.41) is 25.2. The number of halogens is 1. The molecule has 2 aromatic heterocycles.